The summed E-state index contributed by atoms with van der Waals surface area (Å²) in [5.41, 5.74) is 0.275. The smallest absolute Gasteiger partial charge is 0.342 e. The van der Waals surface area contributed by atoms with Gasteiger partial charge in [0.1, 0.15) is 12.2 Å². The molecule has 1 heterocycles. The molecule has 1 amide bonds. The molecule has 0 atom stereocenters. The van der Waals surface area contributed by atoms with Gasteiger partial charge in [-0.3, -0.25) is 4.79 Å². The number of alkyl halides is 3. The normalized spacial score (nSPS) is 12.0. The minimum atomic E-state index is -4.40. The highest BCUT2D eigenvalue weighted by Crippen LogP contribution is 2.22. The molecule has 114 valence electrons. The molecule has 0 aromatic carbocycles. The summed E-state index contributed by atoms with van der Waals surface area (Å²) in [5.74, 6) is -0.600. The van der Waals surface area contributed by atoms with Crippen molar-refractivity contribution in [2.75, 3.05) is 6.54 Å². The topological polar surface area (TPSA) is 25.2 Å². The Morgan fingerprint density at radius 3 is 2.50 bits per heavy atom. The predicted molar refractivity (Wildman–Crippen MR) is 74.7 cm³/mol. The van der Waals surface area contributed by atoms with Crippen LogP contribution in [0.3, 0.4) is 0 Å². The Kier molecular flexibility index (Phi) is 5.68. The summed E-state index contributed by atoms with van der Waals surface area (Å²) in [6.07, 6.45) is -1.90. The largest absolute Gasteiger partial charge is 0.406 e. The number of rotatable bonds is 5. The lowest BCUT2D eigenvalue weighted by Crippen LogP contribution is -2.44. The summed E-state index contributed by atoms with van der Waals surface area (Å²) in [6, 6.07) is 1.04. The molecule has 0 fully saturated rings. The predicted octanol–water partition coefficient (Wildman–Crippen LogP) is 4.07. The van der Waals surface area contributed by atoms with Gasteiger partial charge in [0, 0.05) is 23.3 Å². The molecule has 0 aliphatic heterocycles. The fraction of sp³-hybridized carbons (Fsp3) is 0.615. The lowest BCUT2D eigenvalue weighted by Gasteiger charge is -2.28. The number of nitrogens with zero attached hydrogens (tertiary/aromatic N) is 2. The highest BCUT2D eigenvalue weighted by molar-refractivity contribution is 9.10. The number of aryl methyl sites for hydroxylation is 1. The molecule has 0 radical (unpaired) electrons. The Morgan fingerprint density at radius 1 is 1.45 bits per heavy atom. The average Bonchev–Trinajstić information content (AvgIpc) is 2.65. The summed E-state index contributed by atoms with van der Waals surface area (Å²) in [5, 5.41) is 0. The van der Waals surface area contributed by atoms with Crippen molar-refractivity contribution in [3.63, 3.8) is 0 Å². The van der Waals surface area contributed by atoms with Gasteiger partial charge < -0.3 is 9.47 Å². The van der Waals surface area contributed by atoms with Crippen LogP contribution in [0.1, 0.15) is 37.7 Å². The summed E-state index contributed by atoms with van der Waals surface area (Å²) in [6.45, 7) is 4.44. The summed E-state index contributed by atoms with van der Waals surface area (Å²) in [4.78, 5) is 13.2. The Morgan fingerprint density at radius 2 is 2.05 bits per heavy atom. The van der Waals surface area contributed by atoms with E-state index < -0.39 is 24.7 Å². The standard InChI is InChI=1S/C13H18BrF3N2O/c1-4-5-18-7-10(14)6-11(18)12(20)19(9(2)3)8-13(15,16)17/h6-7,9H,4-5,8H2,1-3H3. The van der Waals surface area contributed by atoms with Crippen molar-refractivity contribution < 1.29 is 18.0 Å². The van der Waals surface area contributed by atoms with Crippen LogP contribution in [0.25, 0.3) is 0 Å². The van der Waals surface area contributed by atoms with E-state index in [1.807, 2.05) is 6.92 Å². The number of carbonyl (C=O) groups is 1. The maximum atomic E-state index is 12.6. The third-order valence-electron chi connectivity index (χ3n) is 2.78. The first kappa shape index (κ1) is 17.1. The molecule has 7 heteroatoms. The lowest BCUT2D eigenvalue weighted by atomic mass is 10.2. The zero-order valence-corrected chi connectivity index (χ0v) is 13.3. The molecule has 0 unspecified atom stereocenters. The van der Waals surface area contributed by atoms with Crippen molar-refractivity contribution in [2.24, 2.45) is 0 Å². The summed E-state index contributed by atoms with van der Waals surface area (Å²) >= 11 is 3.26. The fourth-order valence-electron chi connectivity index (χ4n) is 1.91. The van der Waals surface area contributed by atoms with Crippen LogP contribution in [0, 0.1) is 0 Å². The van der Waals surface area contributed by atoms with Gasteiger partial charge in [0.05, 0.1) is 0 Å². The van der Waals surface area contributed by atoms with Crippen molar-refractivity contribution in [3.05, 3.63) is 22.4 Å². The molecule has 0 spiro atoms. The minimum absolute atomic E-state index is 0.275. The van der Waals surface area contributed by atoms with E-state index in [1.54, 1.807) is 30.7 Å². The van der Waals surface area contributed by atoms with Crippen molar-refractivity contribution in [1.82, 2.24) is 9.47 Å². The molecule has 0 aliphatic carbocycles. The van der Waals surface area contributed by atoms with E-state index in [4.69, 9.17) is 0 Å². The molecule has 20 heavy (non-hydrogen) atoms. The van der Waals surface area contributed by atoms with Gasteiger partial charge in [0.25, 0.3) is 5.91 Å². The first-order chi connectivity index (χ1) is 9.15. The Labute approximate surface area is 124 Å². The number of hydrogen-bond donors (Lipinski definition) is 0. The number of aromatic nitrogens is 1. The van der Waals surface area contributed by atoms with Crippen LogP contribution in [-0.4, -0.2) is 34.1 Å². The second-order valence-corrected chi connectivity index (χ2v) is 5.79. The SMILES string of the molecule is CCCn1cc(Br)cc1C(=O)N(CC(F)(F)F)C(C)C. The molecular formula is C13H18BrF3N2O. The number of carbonyl (C=O) groups excluding carboxylic acids is 1. The van der Waals surface area contributed by atoms with Gasteiger partial charge in [-0.2, -0.15) is 13.2 Å². The van der Waals surface area contributed by atoms with E-state index in [-0.39, 0.29) is 5.69 Å². The number of amides is 1. The van der Waals surface area contributed by atoms with Crippen molar-refractivity contribution in [1.29, 1.82) is 0 Å². The molecule has 0 saturated carbocycles. The third-order valence-corrected chi connectivity index (χ3v) is 3.21. The maximum absolute atomic E-state index is 12.6. The molecule has 0 bridgehead atoms. The number of hydrogen-bond acceptors (Lipinski definition) is 1. The molecule has 1 aromatic rings. The van der Waals surface area contributed by atoms with Gasteiger partial charge in [0.2, 0.25) is 0 Å². The van der Waals surface area contributed by atoms with Crippen molar-refractivity contribution in [3.8, 4) is 0 Å². The number of halogens is 4. The quantitative estimate of drug-likeness (QED) is 0.782. The monoisotopic (exact) mass is 354 g/mol. The molecule has 1 rings (SSSR count). The highest BCUT2D eigenvalue weighted by Gasteiger charge is 2.35. The summed E-state index contributed by atoms with van der Waals surface area (Å²) in [7, 11) is 0. The van der Waals surface area contributed by atoms with Crippen molar-refractivity contribution >= 4 is 21.8 Å². The maximum Gasteiger partial charge on any atom is 0.406 e. The second kappa shape index (κ2) is 6.65. The Hall–Kier alpha value is -0.980. The zero-order chi connectivity index (χ0) is 15.5. The highest BCUT2D eigenvalue weighted by atomic mass is 79.9. The first-order valence-corrected chi connectivity index (χ1v) is 7.18. The van der Waals surface area contributed by atoms with E-state index in [9.17, 15) is 18.0 Å². The lowest BCUT2D eigenvalue weighted by molar-refractivity contribution is -0.143. The van der Waals surface area contributed by atoms with E-state index in [2.05, 4.69) is 15.9 Å². The van der Waals surface area contributed by atoms with E-state index in [0.29, 0.717) is 11.0 Å². The van der Waals surface area contributed by atoms with E-state index >= 15 is 0 Å². The third kappa shape index (κ3) is 4.54. The van der Waals surface area contributed by atoms with Crippen LogP contribution in [0.2, 0.25) is 0 Å². The molecular weight excluding hydrogens is 337 g/mol. The zero-order valence-electron chi connectivity index (χ0n) is 11.7. The molecule has 1 aromatic heterocycles. The van der Waals surface area contributed by atoms with Crippen LogP contribution >= 0.6 is 15.9 Å². The van der Waals surface area contributed by atoms with Crippen LogP contribution in [0.15, 0.2) is 16.7 Å². The van der Waals surface area contributed by atoms with Crippen LogP contribution in [-0.2, 0) is 6.54 Å². The van der Waals surface area contributed by atoms with Gasteiger partial charge in [-0.15, -0.1) is 0 Å². The Bertz CT molecular complexity index is 469. The van der Waals surface area contributed by atoms with E-state index in [1.165, 1.54) is 0 Å². The van der Waals surface area contributed by atoms with Crippen LogP contribution < -0.4 is 0 Å². The van der Waals surface area contributed by atoms with Gasteiger partial charge in [-0.05, 0) is 42.3 Å². The second-order valence-electron chi connectivity index (χ2n) is 4.88. The Balaban J connectivity index is 3.06. The van der Waals surface area contributed by atoms with Gasteiger partial charge in [0.15, 0.2) is 0 Å². The first-order valence-electron chi connectivity index (χ1n) is 6.39. The molecule has 0 N–H and O–H groups in total. The van der Waals surface area contributed by atoms with Gasteiger partial charge in [-0.1, -0.05) is 6.92 Å². The molecule has 0 saturated heterocycles. The fourth-order valence-corrected chi connectivity index (χ4v) is 2.37. The van der Waals surface area contributed by atoms with Crippen molar-refractivity contribution in [2.45, 2.75) is 46.0 Å². The van der Waals surface area contributed by atoms with Crippen LogP contribution in [0.5, 0.6) is 0 Å². The van der Waals surface area contributed by atoms with E-state index in [0.717, 1.165) is 11.3 Å². The van der Waals surface area contributed by atoms with Crippen LogP contribution in [0.4, 0.5) is 13.2 Å². The minimum Gasteiger partial charge on any atom is -0.342 e. The van der Waals surface area contributed by atoms with Gasteiger partial charge in [-0.25, -0.2) is 0 Å². The summed E-state index contributed by atoms with van der Waals surface area (Å²) < 4.78 is 40.1. The van der Waals surface area contributed by atoms with Gasteiger partial charge >= 0.3 is 6.18 Å². The molecule has 3 nitrogen and oxygen atoms in total. The molecule has 0 aliphatic rings. The average molecular weight is 355 g/mol.